The van der Waals surface area contributed by atoms with Crippen LogP contribution in [0.25, 0.3) is 10.8 Å². The van der Waals surface area contributed by atoms with E-state index in [0.717, 1.165) is 19.3 Å². The highest BCUT2D eigenvalue weighted by atomic mass is 35.5. The highest BCUT2D eigenvalue weighted by Crippen LogP contribution is 2.27. The zero-order chi connectivity index (χ0) is 21.0. The predicted octanol–water partition coefficient (Wildman–Crippen LogP) is 4.40. The maximum atomic E-state index is 12.9. The van der Waals surface area contributed by atoms with Gasteiger partial charge >= 0.3 is 0 Å². The van der Waals surface area contributed by atoms with Crippen molar-refractivity contribution in [3.05, 3.63) is 73.6 Å². The molecular formula is C20H19ClN4O4. The molecule has 0 spiro atoms. The molecule has 2 aromatic carbocycles. The number of rotatable bonds is 7. The molecule has 0 bridgehead atoms. The highest BCUT2D eigenvalue weighted by molar-refractivity contribution is 6.32. The first-order chi connectivity index (χ1) is 13.9. The van der Waals surface area contributed by atoms with E-state index in [0.29, 0.717) is 17.3 Å². The van der Waals surface area contributed by atoms with Crippen LogP contribution < -0.4 is 10.9 Å². The largest absolute Gasteiger partial charge is 0.320 e. The molecule has 9 heteroatoms. The number of amides is 1. The normalized spacial score (nSPS) is 10.8. The van der Waals surface area contributed by atoms with Gasteiger partial charge in [-0.25, -0.2) is 4.68 Å². The van der Waals surface area contributed by atoms with Gasteiger partial charge in [-0.2, -0.15) is 5.10 Å². The summed E-state index contributed by atoms with van der Waals surface area (Å²) >= 11 is 5.82. The summed E-state index contributed by atoms with van der Waals surface area (Å²) < 4.78 is 1.30. The number of halogens is 1. The molecule has 3 rings (SSSR count). The van der Waals surface area contributed by atoms with E-state index in [2.05, 4.69) is 17.3 Å². The maximum absolute atomic E-state index is 12.9. The molecule has 1 amide bonds. The number of nitrogens with zero attached hydrogens (tertiary/aromatic N) is 3. The Morgan fingerprint density at radius 2 is 1.93 bits per heavy atom. The average Bonchev–Trinajstić information content (AvgIpc) is 2.71. The Balaban J connectivity index is 2.01. The smallest absolute Gasteiger partial charge is 0.289 e. The molecule has 0 fully saturated rings. The minimum absolute atomic E-state index is 0.0268. The number of nitrogens with one attached hydrogen (secondary N) is 1. The molecule has 1 aromatic heterocycles. The van der Waals surface area contributed by atoms with E-state index >= 15 is 0 Å². The summed E-state index contributed by atoms with van der Waals surface area (Å²) in [6.45, 7) is 2.46. The van der Waals surface area contributed by atoms with E-state index in [1.165, 1.54) is 22.9 Å². The van der Waals surface area contributed by atoms with Crippen molar-refractivity contribution >= 4 is 39.7 Å². The van der Waals surface area contributed by atoms with Gasteiger partial charge in [0.2, 0.25) is 0 Å². The van der Waals surface area contributed by atoms with Crippen molar-refractivity contribution < 1.29 is 9.72 Å². The third-order valence-corrected chi connectivity index (χ3v) is 4.78. The molecular weight excluding hydrogens is 396 g/mol. The average molecular weight is 415 g/mol. The number of carbonyl (C=O) groups is 1. The van der Waals surface area contributed by atoms with E-state index in [1.54, 1.807) is 24.3 Å². The quantitative estimate of drug-likeness (QED) is 0.350. The molecule has 1 heterocycles. The van der Waals surface area contributed by atoms with Crippen LogP contribution in [0.4, 0.5) is 11.4 Å². The van der Waals surface area contributed by atoms with Gasteiger partial charge in [0, 0.05) is 23.7 Å². The van der Waals surface area contributed by atoms with Gasteiger partial charge in [0.25, 0.3) is 17.2 Å². The predicted molar refractivity (Wildman–Crippen MR) is 112 cm³/mol. The summed E-state index contributed by atoms with van der Waals surface area (Å²) in [6, 6.07) is 10.7. The van der Waals surface area contributed by atoms with Gasteiger partial charge in [-0.3, -0.25) is 19.7 Å². The van der Waals surface area contributed by atoms with E-state index < -0.39 is 10.8 Å². The molecule has 0 unspecified atom stereocenters. The van der Waals surface area contributed by atoms with Crippen LogP contribution >= 0.6 is 11.6 Å². The molecule has 1 N–H and O–H groups in total. The summed E-state index contributed by atoms with van der Waals surface area (Å²) in [4.78, 5) is 36.0. The Kier molecular flexibility index (Phi) is 6.23. The van der Waals surface area contributed by atoms with Crippen molar-refractivity contribution in [1.29, 1.82) is 0 Å². The van der Waals surface area contributed by atoms with Crippen LogP contribution in [0.15, 0.2) is 47.3 Å². The second-order valence-corrected chi connectivity index (χ2v) is 6.91. The number of nitro benzene ring substituents is 1. The Labute approximate surface area is 171 Å². The molecule has 0 saturated heterocycles. The Hall–Kier alpha value is -3.26. The number of aromatic nitrogens is 2. The third-order valence-electron chi connectivity index (χ3n) is 4.46. The van der Waals surface area contributed by atoms with Gasteiger partial charge in [0.15, 0.2) is 5.69 Å². The standard InChI is InChI=1S/C20H19ClN4O4/c1-2-3-6-11-24-20(27)15-8-5-4-7-14(15)18(23-24)19(26)22-13-9-10-16(21)17(12-13)25(28)29/h4-5,7-10,12H,2-3,6,11H2,1H3,(H,22,26). The molecule has 0 atom stereocenters. The van der Waals surface area contributed by atoms with Crippen LogP contribution in [0.5, 0.6) is 0 Å². The van der Waals surface area contributed by atoms with Gasteiger partial charge < -0.3 is 5.32 Å². The number of hydrogen-bond donors (Lipinski definition) is 1. The molecule has 0 aliphatic heterocycles. The number of anilines is 1. The number of unbranched alkanes of at least 4 members (excludes halogenated alkanes) is 2. The summed E-state index contributed by atoms with van der Waals surface area (Å²) in [5.74, 6) is -0.568. The monoisotopic (exact) mass is 414 g/mol. The Morgan fingerprint density at radius 1 is 1.21 bits per heavy atom. The minimum atomic E-state index is -0.625. The molecule has 8 nitrogen and oxygen atoms in total. The van der Waals surface area contributed by atoms with E-state index in [1.807, 2.05) is 0 Å². The summed E-state index contributed by atoms with van der Waals surface area (Å²) in [7, 11) is 0. The van der Waals surface area contributed by atoms with Crippen molar-refractivity contribution in [2.75, 3.05) is 5.32 Å². The topological polar surface area (TPSA) is 107 Å². The van der Waals surface area contributed by atoms with Crippen LogP contribution in [-0.2, 0) is 6.54 Å². The zero-order valence-corrected chi connectivity index (χ0v) is 16.5. The molecule has 29 heavy (non-hydrogen) atoms. The lowest BCUT2D eigenvalue weighted by atomic mass is 10.1. The molecule has 150 valence electrons. The van der Waals surface area contributed by atoms with Crippen LogP contribution in [0, 0.1) is 10.1 Å². The summed E-state index contributed by atoms with van der Waals surface area (Å²) in [5.41, 5.74) is -0.280. The van der Waals surface area contributed by atoms with E-state index in [4.69, 9.17) is 11.6 Å². The van der Waals surface area contributed by atoms with Crippen LogP contribution in [0.3, 0.4) is 0 Å². The number of hydrogen-bond acceptors (Lipinski definition) is 5. The molecule has 3 aromatic rings. The van der Waals surface area contributed by atoms with Gasteiger partial charge in [-0.1, -0.05) is 49.6 Å². The maximum Gasteiger partial charge on any atom is 0.289 e. The summed E-state index contributed by atoms with van der Waals surface area (Å²) in [6.07, 6.45) is 2.70. The molecule has 0 aliphatic rings. The molecule has 0 saturated carbocycles. The molecule has 0 radical (unpaired) electrons. The lowest BCUT2D eigenvalue weighted by Crippen LogP contribution is -2.27. The number of nitro groups is 1. The number of benzene rings is 2. The first kappa shape index (κ1) is 20.5. The van der Waals surface area contributed by atoms with Gasteiger partial charge in [-0.15, -0.1) is 0 Å². The first-order valence-electron chi connectivity index (χ1n) is 9.17. The number of fused-ring (bicyclic) bond motifs is 1. The number of carbonyl (C=O) groups excluding carboxylic acids is 1. The van der Waals surface area contributed by atoms with Crippen molar-refractivity contribution in [3.8, 4) is 0 Å². The second-order valence-electron chi connectivity index (χ2n) is 6.51. The van der Waals surface area contributed by atoms with Crippen LogP contribution in [0.2, 0.25) is 5.02 Å². The Bertz CT molecular complexity index is 1140. The van der Waals surface area contributed by atoms with Crippen molar-refractivity contribution in [3.63, 3.8) is 0 Å². The molecule has 0 aliphatic carbocycles. The fourth-order valence-corrected chi connectivity index (χ4v) is 3.17. The minimum Gasteiger partial charge on any atom is -0.320 e. The lowest BCUT2D eigenvalue weighted by Gasteiger charge is -2.11. The van der Waals surface area contributed by atoms with Crippen LogP contribution in [-0.4, -0.2) is 20.6 Å². The zero-order valence-electron chi connectivity index (χ0n) is 15.7. The SMILES string of the molecule is CCCCCn1nc(C(=O)Nc2ccc(Cl)c([N+](=O)[O-])c2)c2ccccc2c1=O. The number of aryl methyl sites for hydroxylation is 1. The first-order valence-corrected chi connectivity index (χ1v) is 9.55. The van der Waals surface area contributed by atoms with Crippen molar-refractivity contribution in [2.24, 2.45) is 0 Å². The lowest BCUT2D eigenvalue weighted by molar-refractivity contribution is -0.384. The van der Waals surface area contributed by atoms with Crippen LogP contribution in [0.1, 0.15) is 36.7 Å². The third kappa shape index (κ3) is 4.43. The summed E-state index contributed by atoms with van der Waals surface area (Å²) in [5, 5.41) is 18.7. The van der Waals surface area contributed by atoms with E-state index in [-0.39, 0.29) is 27.7 Å². The van der Waals surface area contributed by atoms with Gasteiger partial charge in [0.1, 0.15) is 5.02 Å². The Morgan fingerprint density at radius 3 is 2.62 bits per heavy atom. The van der Waals surface area contributed by atoms with E-state index in [9.17, 15) is 19.7 Å². The van der Waals surface area contributed by atoms with Gasteiger partial charge in [0.05, 0.1) is 10.3 Å². The van der Waals surface area contributed by atoms with Crippen molar-refractivity contribution in [2.45, 2.75) is 32.7 Å². The second kappa shape index (κ2) is 8.83. The highest BCUT2D eigenvalue weighted by Gasteiger charge is 2.19. The fourth-order valence-electron chi connectivity index (χ4n) is 2.99. The van der Waals surface area contributed by atoms with Crippen molar-refractivity contribution in [1.82, 2.24) is 9.78 Å². The fraction of sp³-hybridized carbons (Fsp3) is 0.250. The van der Waals surface area contributed by atoms with Gasteiger partial charge in [-0.05, 0) is 24.6 Å².